The Morgan fingerprint density at radius 3 is 2.75 bits per heavy atom. The van der Waals surface area contributed by atoms with Gasteiger partial charge in [-0.3, -0.25) is 4.90 Å². The number of hydrogen-bond donors (Lipinski definition) is 1. The second-order valence-corrected chi connectivity index (χ2v) is 6.58. The molecule has 0 bridgehead atoms. The van der Waals surface area contributed by atoms with E-state index in [1.54, 1.807) is 0 Å². The Balaban J connectivity index is 1.60. The van der Waals surface area contributed by atoms with Gasteiger partial charge in [-0.05, 0) is 43.7 Å². The third kappa shape index (κ3) is 2.90. The highest BCUT2D eigenvalue weighted by Gasteiger charge is 2.43. The van der Waals surface area contributed by atoms with Crippen molar-refractivity contribution in [3.8, 4) is 0 Å². The van der Waals surface area contributed by atoms with Gasteiger partial charge in [-0.2, -0.15) is 0 Å². The van der Waals surface area contributed by atoms with E-state index in [1.807, 2.05) is 6.07 Å². The molecular weight excluding hydrogens is 250 g/mol. The number of aliphatic hydroxyl groups excluding tert-OH is 1. The van der Waals surface area contributed by atoms with E-state index in [1.165, 1.54) is 12.0 Å². The highest BCUT2D eigenvalue weighted by Crippen LogP contribution is 2.43. The Morgan fingerprint density at radius 2 is 2.10 bits per heavy atom. The van der Waals surface area contributed by atoms with Gasteiger partial charge in [0.2, 0.25) is 0 Å². The molecule has 0 aromatic heterocycles. The predicted octanol–water partition coefficient (Wildman–Crippen LogP) is 2.44. The fourth-order valence-electron chi connectivity index (χ4n) is 3.84. The highest BCUT2D eigenvalue weighted by atomic mass is 16.5. The van der Waals surface area contributed by atoms with Crippen molar-refractivity contribution in [2.24, 2.45) is 5.41 Å². The van der Waals surface area contributed by atoms with Crippen molar-refractivity contribution >= 4 is 0 Å². The van der Waals surface area contributed by atoms with Gasteiger partial charge in [0.25, 0.3) is 0 Å². The van der Waals surface area contributed by atoms with Crippen molar-refractivity contribution in [3.05, 3.63) is 35.9 Å². The van der Waals surface area contributed by atoms with Crippen molar-refractivity contribution in [2.45, 2.75) is 44.4 Å². The third-order valence-electron chi connectivity index (χ3n) is 5.08. The van der Waals surface area contributed by atoms with Crippen LogP contribution in [0.1, 0.15) is 31.2 Å². The zero-order valence-corrected chi connectivity index (χ0v) is 12.3. The summed E-state index contributed by atoms with van der Waals surface area (Å²) in [6.07, 6.45) is 4.07. The highest BCUT2D eigenvalue weighted by molar-refractivity contribution is 5.14. The van der Waals surface area contributed by atoms with Gasteiger partial charge >= 0.3 is 0 Å². The molecule has 20 heavy (non-hydrogen) atoms. The summed E-state index contributed by atoms with van der Waals surface area (Å²) < 4.78 is 5.55. The fourth-order valence-corrected chi connectivity index (χ4v) is 3.84. The van der Waals surface area contributed by atoms with Gasteiger partial charge in [0.1, 0.15) is 0 Å². The Morgan fingerprint density at radius 1 is 1.30 bits per heavy atom. The summed E-state index contributed by atoms with van der Waals surface area (Å²) in [5.41, 5.74) is 1.58. The number of likely N-dealkylation sites (N-methyl/N-ethyl adjacent to an activating group) is 1. The van der Waals surface area contributed by atoms with E-state index in [0.717, 1.165) is 39.0 Å². The summed E-state index contributed by atoms with van der Waals surface area (Å²) in [5.74, 6) is 0. The maximum absolute atomic E-state index is 10.5. The van der Waals surface area contributed by atoms with Crippen LogP contribution < -0.4 is 0 Å². The molecule has 1 spiro atoms. The lowest BCUT2D eigenvalue weighted by Gasteiger charge is -2.43. The SMILES string of the molecule is CN(Cc1ccccc1)[C@H]1CCC2(CCOC2)C[C@@H]1O. The quantitative estimate of drug-likeness (QED) is 0.919. The van der Waals surface area contributed by atoms with Crippen LogP contribution in [0.2, 0.25) is 0 Å². The molecule has 3 rings (SSSR count). The molecule has 1 saturated heterocycles. The third-order valence-corrected chi connectivity index (χ3v) is 5.08. The van der Waals surface area contributed by atoms with Crippen LogP contribution in [-0.2, 0) is 11.3 Å². The molecule has 1 aromatic carbocycles. The normalized spacial score (nSPS) is 34.0. The van der Waals surface area contributed by atoms with Crippen LogP contribution >= 0.6 is 0 Å². The van der Waals surface area contributed by atoms with E-state index in [4.69, 9.17) is 4.74 Å². The monoisotopic (exact) mass is 275 g/mol. The van der Waals surface area contributed by atoms with Crippen molar-refractivity contribution in [2.75, 3.05) is 20.3 Å². The minimum Gasteiger partial charge on any atom is -0.391 e. The molecule has 1 heterocycles. The zero-order chi connectivity index (χ0) is 14.0. The molecule has 1 aromatic rings. The average Bonchev–Trinajstić information content (AvgIpc) is 2.88. The van der Waals surface area contributed by atoms with Crippen LogP contribution in [0.5, 0.6) is 0 Å². The lowest BCUT2D eigenvalue weighted by atomic mass is 9.70. The van der Waals surface area contributed by atoms with E-state index in [-0.39, 0.29) is 17.6 Å². The molecule has 0 radical (unpaired) electrons. The second kappa shape index (κ2) is 5.84. The van der Waals surface area contributed by atoms with E-state index in [0.29, 0.717) is 0 Å². The maximum atomic E-state index is 10.5. The lowest BCUT2D eigenvalue weighted by molar-refractivity contribution is -0.0268. The van der Waals surface area contributed by atoms with Gasteiger partial charge in [0.05, 0.1) is 12.7 Å². The van der Waals surface area contributed by atoms with Crippen LogP contribution in [0.25, 0.3) is 0 Å². The Kier molecular flexibility index (Phi) is 4.11. The average molecular weight is 275 g/mol. The summed E-state index contributed by atoms with van der Waals surface area (Å²) in [6, 6.07) is 10.8. The Bertz CT molecular complexity index is 428. The minimum absolute atomic E-state index is 0.223. The summed E-state index contributed by atoms with van der Waals surface area (Å²) in [5, 5.41) is 10.5. The number of aliphatic hydroxyl groups is 1. The van der Waals surface area contributed by atoms with Crippen molar-refractivity contribution < 1.29 is 9.84 Å². The van der Waals surface area contributed by atoms with Gasteiger partial charge in [-0.1, -0.05) is 30.3 Å². The summed E-state index contributed by atoms with van der Waals surface area (Å²) in [7, 11) is 2.13. The molecule has 1 N–H and O–H groups in total. The second-order valence-electron chi connectivity index (χ2n) is 6.58. The first-order valence-corrected chi connectivity index (χ1v) is 7.69. The van der Waals surface area contributed by atoms with Crippen LogP contribution in [0.15, 0.2) is 30.3 Å². The van der Waals surface area contributed by atoms with Crippen molar-refractivity contribution in [1.29, 1.82) is 0 Å². The summed E-state index contributed by atoms with van der Waals surface area (Å²) >= 11 is 0. The topological polar surface area (TPSA) is 32.7 Å². The predicted molar refractivity (Wildman–Crippen MR) is 79.4 cm³/mol. The molecule has 1 unspecified atom stereocenters. The first kappa shape index (κ1) is 14.1. The van der Waals surface area contributed by atoms with Crippen molar-refractivity contribution in [3.63, 3.8) is 0 Å². The van der Waals surface area contributed by atoms with E-state index in [9.17, 15) is 5.11 Å². The number of benzene rings is 1. The molecule has 3 atom stereocenters. The fraction of sp³-hybridized carbons (Fsp3) is 0.647. The maximum Gasteiger partial charge on any atom is 0.0701 e. The van der Waals surface area contributed by atoms with E-state index < -0.39 is 0 Å². The molecule has 3 nitrogen and oxygen atoms in total. The minimum atomic E-state index is -0.223. The zero-order valence-electron chi connectivity index (χ0n) is 12.3. The van der Waals surface area contributed by atoms with E-state index in [2.05, 4.69) is 36.2 Å². The van der Waals surface area contributed by atoms with Gasteiger partial charge < -0.3 is 9.84 Å². The van der Waals surface area contributed by atoms with Gasteiger partial charge in [-0.15, -0.1) is 0 Å². The van der Waals surface area contributed by atoms with Gasteiger partial charge in [-0.25, -0.2) is 0 Å². The Hall–Kier alpha value is -0.900. The first-order valence-electron chi connectivity index (χ1n) is 7.69. The number of ether oxygens (including phenoxy) is 1. The molecule has 0 amide bonds. The standard InChI is InChI=1S/C17H25NO2/c1-18(12-14-5-3-2-4-6-14)15-7-8-17(11-16(15)19)9-10-20-13-17/h2-6,15-16,19H,7-13H2,1H3/t15-,16-,17?/m0/s1. The van der Waals surface area contributed by atoms with Gasteiger partial charge in [0.15, 0.2) is 0 Å². The molecule has 1 aliphatic heterocycles. The molecule has 2 aliphatic rings. The van der Waals surface area contributed by atoms with Crippen molar-refractivity contribution in [1.82, 2.24) is 4.90 Å². The molecule has 2 fully saturated rings. The largest absolute Gasteiger partial charge is 0.391 e. The summed E-state index contributed by atoms with van der Waals surface area (Å²) in [4.78, 5) is 2.31. The van der Waals surface area contributed by atoms with Crippen LogP contribution in [0.4, 0.5) is 0 Å². The molecule has 1 saturated carbocycles. The van der Waals surface area contributed by atoms with Crippen LogP contribution in [0.3, 0.4) is 0 Å². The first-order chi connectivity index (χ1) is 9.69. The lowest BCUT2D eigenvalue weighted by Crippen LogP contribution is -2.48. The number of nitrogens with zero attached hydrogens (tertiary/aromatic N) is 1. The molecular formula is C17H25NO2. The molecule has 1 aliphatic carbocycles. The Labute approximate surface area is 121 Å². The van der Waals surface area contributed by atoms with Crippen LogP contribution in [0, 0.1) is 5.41 Å². The molecule has 3 heteroatoms. The summed E-state index contributed by atoms with van der Waals surface area (Å²) in [6.45, 7) is 2.63. The molecule has 110 valence electrons. The number of rotatable bonds is 3. The number of hydrogen-bond acceptors (Lipinski definition) is 3. The van der Waals surface area contributed by atoms with Crippen LogP contribution in [-0.4, -0.2) is 42.4 Å². The van der Waals surface area contributed by atoms with E-state index >= 15 is 0 Å². The van der Waals surface area contributed by atoms with Gasteiger partial charge in [0, 0.05) is 19.2 Å². The smallest absolute Gasteiger partial charge is 0.0701 e.